The molecule has 0 heterocycles. The zero-order valence-electron chi connectivity index (χ0n) is 13.1. The molecule has 0 saturated carbocycles. The third-order valence-electron chi connectivity index (χ3n) is 3.85. The van der Waals surface area contributed by atoms with Crippen molar-refractivity contribution in [3.8, 4) is 5.75 Å². The number of carbonyl (C=O) groups is 1. The Balaban J connectivity index is 2.20. The maximum absolute atomic E-state index is 11.9. The van der Waals surface area contributed by atoms with E-state index in [4.69, 9.17) is 9.47 Å². The van der Waals surface area contributed by atoms with Gasteiger partial charge in [0, 0.05) is 0 Å². The second kappa shape index (κ2) is 6.61. The van der Waals surface area contributed by atoms with Crippen molar-refractivity contribution in [3.05, 3.63) is 42.0 Å². The fourth-order valence-corrected chi connectivity index (χ4v) is 2.15. The fourth-order valence-electron chi connectivity index (χ4n) is 2.15. The molecule has 2 rings (SSSR count). The minimum Gasteiger partial charge on any atom is -0.497 e. The van der Waals surface area contributed by atoms with Crippen molar-refractivity contribution in [3.63, 3.8) is 0 Å². The van der Waals surface area contributed by atoms with Crippen molar-refractivity contribution in [2.24, 2.45) is 5.92 Å². The predicted molar refractivity (Wildman–Crippen MR) is 84.5 cm³/mol. The molecule has 0 saturated heterocycles. The molecule has 2 unspecified atom stereocenters. The van der Waals surface area contributed by atoms with Gasteiger partial charge in [-0.25, -0.2) is 0 Å². The van der Waals surface area contributed by atoms with E-state index < -0.39 is 0 Å². The molecular formula is C18H22O3. The zero-order chi connectivity index (χ0) is 15.4. The van der Waals surface area contributed by atoms with Gasteiger partial charge in [0.05, 0.1) is 13.0 Å². The topological polar surface area (TPSA) is 35.5 Å². The number of benzene rings is 2. The first-order valence-corrected chi connectivity index (χ1v) is 7.33. The zero-order valence-corrected chi connectivity index (χ0v) is 13.1. The molecule has 112 valence electrons. The van der Waals surface area contributed by atoms with Gasteiger partial charge in [0.2, 0.25) is 0 Å². The van der Waals surface area contributed by atoms with Gasteiger partial charge in [0.25, 0.3) is 0 Å². The number of rotatable bonds is 5. The lowest BCUT2D eigenvalue weighted by molar-refractivity contribution is -0.153. The summed E-state index contributed by atoms with van der Waals surface area (Å²) in [7, 11) is 1.66. The summed E-state index contributed by atoms with van der Waals surface area (Å²) in [6.45, 7) is 5.78. The molecule has 0 aromatic heterocycles. The smallest absolute Gasteiger partial charge is 0.309 e. The molecule has 0 aliphatic heterocycles. The normalized spacial score (nSPS) is 13.7. The molecule has 0 N–H and O–H groups in total. The molecule has 0 bridgehead atoms. The number of methoxy groups -OCH3 is 1. The highest BCUT2D eigenvalue weighted by molar-refractivity contribution is 5.84. The van der Waals surface area contributed by atoms with Crippen LogP contribution in [-0.4, -0.2) is 13.1 Å². The number of carbonyl (C=O) groups excluding carboxylic acids is 1. The van der Waals surface area contributed by atoms with Crippen LogP contribution in [0.1, 0.15) is 38.9 Å². The molecule has 3 nitrogen and oxygen atoms in total. The summed E-state index contributed by atoms with van der Waals surface area (Å²) < 4.78 is 10.7. The highest BCUT2D eigenvalue weighted by atomic mass is 16.5. The summed E-state index contributed by atoms with van der Waals surface area (Å²) in [4.78, 5) is 11.9. The van der Waals surface area contributed by atoms with Crippen LogP contribution >= 0.6 is 0 Å². The minimum absolute atomic E-state index is 0.0582. The summed E-state index contributed by atoms with van der Waals surface area (Å²) in [5, 5.41) is 2.22. The second-order valence-corrected chi connectivity index (χ2v) is 5.36. The second-order valence-electron chi connectivity index (χ2n) is 5.36. The van der Waals surface area contributed by atoms with E-state index in [9.17, 15) is 4.79 Å². The van der Waals surface area contributed by atoms with Crippen molar-refractivity contribution >= 4 is 16.7 Å². The molecule has 2 aromatic carbocycles. The molecule has 0 amide bonds. The molecule has 0 spiro atoms. The number of esters is 1. The van der Waals surface area contributed by atoms with Crippen LogP contribution in [0.2, 0.25) is 0 Å². The number of fused-ring (bicyclic) bond motifs is 1. The van der Waals surface area contributed by atoms with Crippen LogP contribution in [0, 0.1) is 5.92 Å². The van der Waals surface area contributed by atoms with Crippen molar-refractivity contribution in [2.75, 3.05) is 7.11 Å². The van der Waals surface area contributed by atoms with E-state index >= 15 is 0 Å². The van der Waals surface area contributed by atoms with Crippen molar-refractivity contribution < 1.29 is 14.3 Å². The van der Waals surface area contributed by atoms with E-state index in [2.05, 4.69) is 6.07 Å². The molecule has 0 aliphatic rings. The van der Waals surface area contributed by atoms with E-state index in [1.807, 2.05) is 51.1 Å². The lowest BCUT2D eigenvalue weighted by atomic mass is 10.0. The highest BCUT2D eigenvalue weighted by Crippen LogP contribution is 2.26. The van der Waals surface area contributed by atoms with Gasteiger partial charge in [0.15, 0.2) is 0 Å². The maximum Gasteiger partial charge on any atom is 0.309 e. The molecule has 0 aliphatic carbocycles. The van der Waals surface area contributed by atoms with Gasteiger partial charge in [-0.15, -0.1) is 0 Å². The number of hydrogen-bond acceptors (Lipinski definition) is 3. The van der Waals surface area contributed by atoms with E-state index in [0.717, 1.165) is 28.5 Å². The lowest BCUT2D eigenvalue weighted by Gasteiger charge is -2.17. The van der Waals surface area contributed by atoms with Crippen LogP contribution in [-0.2, 0) is 9.53 Å². The maximum atomic E-state index is 11.9. The van der Waals surface area contributed by atoms with Gasteiger partial charge in [-0.05, 0) is 47.9 Å². The van der Waals surface area contributed by atoms with Crippen LogP contribution in [0.3, 0.4) is 0 Å². The average molecular weight is 286 g/mol. The Hall–Kier alpha value is -2.03. The molecule has 2 atom stereocenters. The van der Waals surface area contributed by atoms with Crippen molar-refractivity contribution in [2.45, 2.75) is 33.3 Å². The Morgan fingerprint density at radius 2 is 1.76 bits per heavy atom. The van der Waals surface area contributed by atoms with E-state index in [-0.39, 0.29) is 18.0 Å². The van der Waals surface area contributed by atoms with Gasteiger partial charge in [-0.3, -0.25) is 4.79 Å². The van der Waals surface area contributed by atoms with Gasteiger partial charge in [0.1, 0.15) is 11.9 Å². The van der Waals surface area contributed by atoms with Crippen molar-refractivity contribution in [1.29, 1.82) is 0 Å². The molecule has 0 radical (unpaired) electrons. The monoisotopic (exact) mass is 286 g/mol. The molecule has 2 aromatic rings. The van der Waals surface area contributed by atoms with Crippen LogP contribution in [0.4, 0.5) is 0 Å². The Morgan fingerprint density at radius 3 is 2.43 bits per heavy atom. The largest absolute Gasteiger partial charge is 0.497 e. The summed E-state index contributed by atoms with van der Waals surface area (Å²) >= 11 is 0. The fraction of sp³-hybridized carbons (Fsp3) is 0.389. The van der Waals surface area contributed by atoms with E-state index in [0.29, 0.717) is 0 Å². The first kappa shape index (κ1) is 15.4. The van der Waals surface area contributed by atoms with Gasteiger partial charge in [-0.1, -0.05) is 32.0 Å². The summed E-state index contributed by atoms with van der Waals surface area (Å²) in [5.41, 5.74) is 1.00. The molecule has 21 heavy (non-hydrogen) atoms. The van der Waals surface area contributed by atoms with Crippen LogP contribution in [0.15, 0.2) is 36.4 Å². The summed E-state index contributed by atoms with van der Waals surface area (Å²) in [5.74, 6) is 0.642. The first-order chi connectivity index (χ1) is 10.0. The van der Waals surface area contributed by atoms with E-state index in [1.165, 1.54) is 0 Å². The van der Waals surface area contributed by atoms with Crippen LogP contribution < -0.4 is 4.74 Å². The van der Waals surface area contributed by atoms with E-state index in [1.54, 1.807) is 7.11 Å². The lowest BCUT2D eigenvalue weighted by Crippen LogP contribution is -2.16. The Bertz CT molecular complexity index is 633. The third kappa shape index (κ3) is 3.54. The average Bonchev–Trinajstić information content (AvgIpc) is 2.52. The number of hydrogen-bond donors (Lipinski definition) is 0. The van der Waals surface area contributed by atoms with Crippen LogP contribution in [0.25, 0.3) is 10.8 Å². The van der Waals surface area contributed by atoms with Crippen molar-refractivity contribution in [1.82, 2.24) is 0 Å². The van der Waals surface area contributed by atoms with Crippen LogP contribution in [0.5, 0.6) is 5.75 Å². The third-order valence-corrected chi connectivity index (χ3v) is 3.85. The number of ether oxygens (including phenoxy) is 2. The standard InChI is InChI=1S/C18H22O3/c1-5-12(2)18(19)21-13(3)14-6-7-16-11-17(20-4)9-8-15(16)10-14/h6-13H,5H2,1-4H3. The van der Waals surface area contributed by atoms with Gasteiger partial charge in [-0.2, -0.15) is 0 Å². The van der Waals surface area contributed by atoms with Gasteiger partial charge >= 0.3 is 5.97 Å². The minimum atomic E-state index is -0.238. The molecular weight excluding hydrogens is 264 g/mol. The predicted octanol–water partition coefficient (Wildman–Crippen LogP) is 4.50. The Kier molecular flexibility index (Phi) is 4.84. The highest BCUT2D eigenvalue weighted by Gasteiger charge is 2.17. The Morgan fingerprint density at radius 1 is 1.10 bits per heavy atom. The first-order valence-electron chi connectivity index (χ1n) is 7.33. The quantitative estimate of drug-likeness (QED) is 0.759. The Labute approximate surface area is 125 Å². The summed E-state index contributed by atoms with van der Waals surface area (Å²) in [6.07, 6.45) is 0.557. The molecule has 3 heteroatoms. The SMILES string of the molecule is CCC(C)C(=O)OC(C)c1ccc2cc(OC)ccc2c1. The summed E-state index contributed by atoms with van der Waals surface area (Å²) in [6, 6.07) is 12.0. The molecule has 0 fully saturated rings. The van der Waals surface area contributed by atoms with Gasteiger partial charge < -0.3 is 9.47 Å².